The molecule has 2 fully saturated rings. The van der Waals surface area contributed by atoms with Crippen LogP contribution in [0.5, 0.6) is 0 Å². The van der Waals surface area contributed by atoms with Gasteiger partial charge in [-0.3, -0.25) is 9.59 Å². The van der Waals surface area contributed by atoms with Gasteiger partial charge in [0.1, 0.15) is 17.2 Å². The summed E-state index contributed by atoms with van der Waals surface area (Å²) in [4.78, 5) is 38.4. The average Bonchev–Trinajstić information content (AvgIpc) is 3.34. The zero-order valence-corrected chi connectivity index (χ0v) is 15.8. The molecule has 3 rings (SSSR count). The Morgan fingerprint density at radius 2 is 2.08 bits per heavy atom. The van der Waals surface area contributed by atoms with Gasteiger partial charge >= 0.3 is 5.97 Å². The Hall–Kier alpha value is -1.96. The first-order valence-electron chi connectivity index (χ1n) is 8.92. The third kappa shape index (κ3) is 4.06. The van der Waals surface area contributed by atoms with Crippen molar-refractivity contribution in [3.63, 3.8) is 0 Å². The molecule has 142 valence electrons. The second-order valence-electron chi connectivity index (χ2n) is 6.71. The highest BCUT2D eigenvalue weighted by molar-refractivity contribution is 7.99. The van der Waals surface area contributed by atoms with Crippen molar-refractivity contribution < 1.29 is 23.5 Å². The standard InChI is InChI=1S/C18H24N2O5S/c1-11(16(22)19-13-6-3-4-7-13)25-18(23)14-10-26-17(20(14)12(2)21)15-8-5-9-24-15/h5,8-9,11,13-14,17H,3-4,6-7,10H2,1-2H3,(H,19,22)/t11-,14+,17+/m0/s1. The van der Waals surface area contributed by atoms with Crippen molar-refractivity contribution in [3.8, 4) is 0 Å². The summed E-state index contributed by atoms with van der Waals surface area (Å²) in [7, 11) is 0. The van der Waals surface area contributed by atoms with Crippen LogP contribution in [0.1, 0.15) is 50.7 Å². The fourth-order valence-electron chi connectivity index (χ4n) is 3.42. The minimum Gasteiger partial charge on any atom is -0.466 e. The van der Waals surface area contributed by atoms with Crippen molar-refractivity contribution in [1.82, 2.24) is 10.2 Å². The number of ether oxygens (including phenoxy) is 1. The number of nitrogens with zero attached hydrogens (tertiary/aromatic N) is 1. The molecule has 0 aromatic carbocycles. The summed E-state index contributed by atoms with van der Waals surface area (Å²) < 4.78 is 10.8. The van der Waals surface area contributed by atoms with Crippen LogP contribution in [0.2, 0.25) is 0 Å². The third-order valence-corrected chi connectivity index (χ3v) is 6.07. The van der Waals surface area contributed by atoms with E-state index in [0.29, 0.717) is 11.5 Å². The fourth-order valence-corrected chi connectivity index (χ4v) is 4.83. The maximum atomic E-state index is 12.6. The normalized spacial score (nSPS) is 24.5. The van der Waals surface area contributed by atoms with Crippen LogP contribution in [0.4, 0.5) is 0 Å². The summed E-state index contributed by atoms with van der Waals surface area (Å²) in [6, 6.07) is 2.96. The molecule has 1 aliphatic heterocycles. The SMILES string of the molecule is CC(=O)N1[C@@H](C(=O)O[C@@H](C)C(=O)NC2CCCC2)CS[C@@H]1c1ccco1. The first-order valence-corrected chi connectivity index (χ1v) is 9.97. The van der Waals surface area contributed by atoms with Crippen molar-refractivity contribution in [1.29, 1.82) is 0 Å². The Balaban J connectivity index is 1.61. The van der Waals surface area contributed by atoms with Crippen LogP contribution in [0.25, 0.3) is 0 Å². The topological polar surface area (TPSA) is 88.8 Å². The zero-order chi connectivity index (χ0) is 18.7. The number of thioether (sulfide) groups is 1. The van der Waals surface area contributed by atoms with Gasteiger partial charge in [0.15, 0.2) is 6.10 Å². The molecular formula is C18H24N2O5S. The van der Waals surface area contributed by atoms with Crippen molar-refractivity contribution in [3.05, 3.63) is 24.2 Å². The van der Waals surface area contributed by atoms with E-state index in [-0.39, 0.29) is 23.2 Å². The zero-order valence-electron chi connectivity index (χ0n) is 15.0. The van der Waals surface area contributed by atoms with Gasteiger partial charge in [0.2, 0.25) is 5.91 Å². The lowest BCUT2D eigenvalue weighted by Gasteiger charge is -2.27. The molecule has 1 aliphatic carbocycles. The number of esters is 1. The summed E-state index contributed by atoms with van der Waals surface area (Å²) in [6.45, 7) is 2.98. The van der Waals surface area contributed by atoms with Gasteiger partial charge in [-0.1, -0.05) is 12.8 Å². The lowest BCUT2D eigenvalue weighted by molar-refractivity contribution is -0.161. The van der Waals surface area contributed by atoms with E-state index in [2.05, 4.69) is 5.32 Å². The van der Waals surface area contributed by atoms with Gasteiger partial charge < -0.3 is 19.4 Å². The number of furan rings is 1. The van der Waals surface area contributed by atoms with E-state index in [9.17, 15) is 14.4 Å². The van der Waals surface area contributed by atoms with Crippen LogP contribution in [0.15, 0.2) is 22.8 Å². The van der Waals surface area contributed by atoms with Crippen molar-refractivity contribution in [2.24, 2.45) is 0 Å². The van der Waals surface area contributed by atoms with E-state index in [0.717, 1.165) is 25.7 Å². The highest BCUT2D eigenvalue weighted by Gasteiger charge is 2.43. The predicted molar refractivity (Wildman–Crippen MR) is 96.2 cm³/mol. The lowest BCUT2D eigenvalue weighted by Crippen LogP contribution is -2.46. The van der Waals surface area contributed by atoms with Gasteiger partial charge in [0, 0.05) is 18.7 Å². The van der Waals surface area contributed by atoms with Crippen LogP contribution in [0.3, 0.4) is 0 Å². The molecule has 0 radical (unpaired) electrons. The molecule has 1 saturated carbocycles. The molecule has 1 N–H and O–H groups in total. The van der Waals surface area contributed by atoms with Gasteiger partial charge in [-0.2, -0.15) is 0 Å². The van der Waals surface area contributed by atoms with E-state index < -0.39 is 18.1 Å². The summed E-state index contributed by atoms with van der Waals surface area (Å²) in [6.07, 6.45) is 4.81. The molecule has 26 heavy (non-hydrogen) atoms. The highest BCUT2D eigenvalue weighted by atomic mass is 32.2. The van der Waals surface area contributed by atoms with E-state index >= 15 is 0 Å². The molecule has 1 saturated heterocycles. The van der Waals surface area contributed by atoms with Crippen molar-refractivity contribution in [2.45, 2.75) is 63.1 Å². The van der Waals surface area contributed by atoms with Crippen molar-refractivity contribution >= 4 is 29.5 Å². The quantitative estimate of drug-likeness (QED) is 0.788. The first-order chi connectivity index (χ1) is 12.5. The average molecular weight is 380 g/mol. The number of nitrogens with one attached hydrogen (secondary N) is 1. The largest absolute Gasteiger partial charge is 0.466 e. The maximum Gasteiger partial charge on any atom is 0.330 e. The fraction of sp³-hybridized carbons (Fsp3) is 0.611. The van der Waals surface area contributed by atoms with Crippen LogP contribution < -0.4 is 5.32 Å². The predicted octanol–water partition coefficient (Wildman–Crippen LogP) is 2.23. The van der Waals surface area contributed by atoms with E-state index in [1.165, 1.54) is 29.8 Å². The van der Waals surface area contributed by atoms with Crippen LogP contribution in [-0.4, -0.2) is 46.6 Å². The molecule has 0 unspecified atom stereocenters. The number of hydrogen-bond donors (Lipinski definition) is 1. The summed E-state index contributed by atoms with van der Waals surface area (Å²) in [5.41, 5.74) is 0. The Labute approximate surface area is 156 Å². The molecule has 0 spiro atoms. The molecule has 1 aromatic rings. The molecule has 8 heteroatoms. The molecule has 7 nitrogen and oxygen atoms in total. The summed E-state index contributed by atoms with van der Waals surface area (Å²) in [5, 5.41) is 2.56. The number of rotatable bonds is 5. The molecule has 0 bridgehead atoms. The summed E-state index contributed by atoms with van der Waals surface area (Å²) in [5.74, 6) is -0.0570. The number of hydrogen-bond acceptors (Lipinski definition) is 6. The molecule has 3 atom stereocenters. The minimum atomic E-state index is -0.885. The van der Waals surface area contributed by atoms with Gasteiger partial charge in [-0.25, -0.2) is 4.79 Å². The lowest BCUT2D eigenvalue weighted by atomic mass is 10.2. The highest BCUT2D eigenvalue weighted by Crippen LogP contribution is 2.41. The molecule has 1 aromatic heterocycles. The Kier molecular flexibility index (Phi) is 5.90. The third-order valence-electron chi connectivity index (χ3n) is 4.79. The summed E-state index contributed by atoms with van der Waals surface area (Å²) >= 11 is 1.44. The second kappa shape index (κ2) is 8.16. The van der Waals surface area contributed by atoms with E-state index in [1.54, 1.807) is 19.1 Å². The Bertz CT molecular complexity index is 657. The second-order valence-corrected chi connectivity index (χ2v) is 7.83. The maximum absolute atomic E-state index is 12.6. The van der Waals surface area contributed by atoms with E-state index in [4.69, 9.17) is 9.15 Å². The van der Waals surface area contributed by atoms with Gasteiger partial charge in [0.05, 0.1) is 6.26 Å². The van der Waals surface area contributed by atoms with Gasteiger partial charge in [0.25, 0.3) is 5.91 Å². The van der Waals surface area contributed by atoms with E-state index in [1.807, 2.05) is 0 Å². The monoisotopic (exact) mass is 380 g/mol. The molecular weight excluding hydrogens is 356 g/mol. The number of amides is 2. The van der Waals surface area contributed by atoms with Crippen LogP contribution >= 0.6 is 11.8 Å². The van der Waals surface area contributed by atoms with Gasteiger partial charge in [-0.15, -0.1) is 11.8 Å². The molecule has 2 aliphatic rings. The Morgan fingerprint density at radius 1 is 1.35 bits per heavy atom. The smallest absolute Gasteiger partial charge is 0.330 e. The minimum absolute atomic E-state index is 0.169. The number of carbonyl (C=O) groups excluding carboxylic acids is 3. The van der Waals surface area contributed by atoms with Crippen LogP contribution in [0, 0.1) is 0 Å². The first kappa shape index (κ1) is 18.8. The van der Waals surface area contributed by atoms with Gasteiger partial charge in [-0.05, 0) is 31.9 Å². The molecule has 2 heterocycles. The Morgan fingerprint density at radius 3 is 2.69 bits per heavy atom. The van der Waals surface area contributed by atoms with Crippen molar-refractivity contribution in [2.75, 3.05) is 5.75 Å². The number of carbonyl (C=O) groups is 3. The molecule has 2 amide bonds. The van der Waals surface area contributed by atoms with Crippen LogP contribution in [-0.2, 0) is 19.1 Å².